The summed E-state index contributed by atoms with van der Waals surface area (Å²) in [6.07, 6.45) is 1.26. The standard InChI is InChI=1S/C11H14FNS/c12-10-3-1-9(2-4-10)7-13-11-5-6-14-8-11/h1-4,11,13H,5-8H2. The van der Waals surface area contributed by atoms with Crippen molar-refractivity contribution in [3.63, 3.8) is 0 Å². The molecule has 0 bridgehead atoms. The first-order valence-electron chi connectivity index (χ1n) is 4.90. The Hall–Kier alpha value is -0.540. The van der Waals surface area contributed by atoms with Crippen LogP contribution in [-0.2, 0) is 6.54 Å². The topological polar surface area (TPSA) is 12.0 Å². The predicted molar refractivity (Wildman–Crippen MR) is 59.0 cm³/mol. The van der Waals surface area contributed by atoms with Gasteiger partial charge in [0.05, 0.1) is 0 Å². The summed E-state index contributed by atoms with van der Waals surface area (Å²) in [7, 11) is 0. The van der Waals surface area contributed by atoms with E-state index >= 15 is 0 Å². The molecular formula is C11H14FNS. The van der Waals surface area contributed by atoms with Gasteiger partial charge >= 0.3 is 0 Å². The van der Waals surface area contributed by atoms with Crippen LogP contribution in [0.1, 0.15) is 12.0 Å². The molecule has 1 fully saturated rings. The first-order valence-corrected chi connectivity index (χ1v) is 6.05. The van der Waals surface area contributed by atoms with E-state index in [0.717, 1.165) is 12.1 Å². The summed E-state index contributed by atoms with van der Waals surface area (Å²) in [5, 5.41) is 3.47. The van der Waals surface area contributed by atoms with Crippen molar-refractivity contribution in [2.75, 3.05) is 11.5 Å². The summed E-state index contributed by atoms with van der Waals surface area (Å²) >= 11 is 2.00. The van der Waals surface area contributed by atoms with E-state index in [-0.39, 0.29) is 5.82 Å². The molecular weight excluding hydrogens is 197 g/mol. The summed E-state index contributed by atoms with van der Waals surface area (Å²) < 4.78 is 12.6. The van der Waals surface area contributed by atoms with Crippen LogP contribution in [0.15, 0.2) is 24.3 Å². The average molecular weight is 211 g/mol. The summed E-state index contributed by atoms with van der Waals surface area (Å²) in [6, 6.07) is 7.35. The van der Waals surface area contributed by atoms with Gasteiger partial charge in [0.2, 0.25) is 0 Å². The number of hydrogen-bond acceptors (Lipinski definition) is 2. The highest BCUT2D eigenvalue weighted by Gasteiger charge is 2.13. The van der Waals surface area contributed by atoms with Crippen molar-refractivity contribution in [2.24, 2.45) is 0 Å². The number of benzene rings is 1. The van der Waals surface area contributed by atoms with Crippen molar-refractivity contribution in [3.8, 4) is 0 Å². The van der Waals surface area contributed by atoms with Crippen molar-refractivity contribution in [2.45, 2.75) is 19.0 Å². The van der Waals surface area contributed by atoms with E-state index in [4.69, 9.17) is 0 Å². The molecule has 3 heteroatoms. The number of hydrogen-bond donors (Lipinski definition) is 1. The van der Waals surface area contributed by atoms with Gasteiger partial charge in [0, 0.05) is 18.3 Å². The Kier molecular flexibility index (Phi) is 3.43. The first-order chi connectivity index (χ1) is 6.84. The maximum absolute atomic E-state index is 12.6. The third kappa shape index (κ3) is 2.72. The molecule has 1 unspecified atom stereocenters. The SMILES string of the molecule is Fc1ccc(CNC2CCSC2)cc1. The van der Waals surface area contributed by atoms with Crippen LogP contribution in [0.4, 0.5) is 4.39 Å². The van der Waals surface area contributed by atoms with Crippen LogP contribution in [0.2, 0.25) is 0 Å². The van der Waals surface area contributed by atoms with Crippen LogP contribution in [0.3, 0.4) is 0 Å². The van der Waals surface area contributed by atoms with Crippen LogP contribution in [0.25, 0.3) is 0 Å². The smallest absolute Gasteiger partial charge is 0.123 e. The number of halogens is 1. The molecule has 1 saturated heterocycles. The highest BCUT2D eigenvalue weighted by atomic mass is 32.2. The van der Waals surface area contributed by atoms with Crippen LogP contribution >= 0.6 is 11.8 Å². The quantitative estimate of drug-likeness (QED) is 0.824. The normalized spacial score (nSPS) is 21.4. The zero-order chi connectivity index (χ0) is 9.80. The molecule has 2 rings (SSSR count). The van der Waals surface area contributed by atoms with Crippen molar-refractivity contribution < 1.29 is 4.39 Å². The Morgan fingerprint density at radius 3 is 2.79 bits per heavy atom. The van der Waals surface area contributed by atoms with Gasteiger partial charge in [-0.15, -0.1) is 0 Å². The molecule has 1 nitrogen and oxygen atoms in total. The molecule has 0 aliphatic carbocycles. The maximum atomic E-state index is 12.6. The molecule has 1 aliphatic rings. The van der Waals surface area contributed by atoms with Crippen LogP contribution in [0, 0.1) is 5.82 Å². The monoisotopic (exact) mass is 211 g/mol. The summed E-state index contributed by atoms with van der Waals surface area (Å²) in [4.78, 5) is 0. The molecule has 1 aromatic rings. The Morgan fingerprint density at radius 1 is 1.36 bits per heavy atom. The lowest BCUT2D eigenvalue weighted by Crippen LogP contribution is -2.27. The molecule has 0 aromatic heterocycles. The van der Waals surface area contributed by atoms with Crippen LogP contribution < -0.4 is 5.32 Å². The molecule has 1 N–H and O–H groups in total. The fourth-order valence-electron chi connectivity index (χ4n) is 1.56. The van der Waals surface area contributed by atoms with Crippen LogP contribution in [-0.4, -0.2) is 17.5 Å². The fourth-order valence-corrected chi connectivity index (χ4v) is 2.75. The van der Waals surface area contributed by atoms with Gasteiger partial charge in [0.15, 0.2) is 0 Å². The van der Waals surface area contributed by atoms with Gasteiger partial charge in [-0.2, -0.15) is 11.8 Å². The van der Waals surface area contributed by atoms with E-state index in [1.807, 2.05) is 23.9 Å². The van der Waals surface area contributed by atoms with Gasteiger partial charge in [-0.1, -0.05) is 12.1 Å². The lowest BCUT2D eigenvalue weighted by molar-refractivity contribution is 0.557. The maximum Gasteiger partial charge on any atom is 0.123 e. The van der Waals surface area contributed by atoms with E-state index in [1.54, 1.807) is 0 Å². The summed E-state index contributed by atoms with van der Waals surface area (Å²) in [6.45, 7) is 0.853. The van der Waals surface area contributed by atoms with Gasteiger partial charge in [0.25, 0.3) is 0 Å². The van der Waals surface area contributed by atoms with Gasteiger partial charge in [0.1, 0.15) is 5.82 Å². The lowest BCUT2D eigenvalue weighted by Gasteiger charge is -2.10. The average Bonchev–Trinajstić information content (AvgIpc) is 2.70. The third-order valence-electron chi connectivity index (χ3n) is 2.44. The lowest BCUT2D eigenvalue weighted by atomic mass is 10.2. The Balaban J connectivity index is 1.82. The number of nitrogens with one attached hydrogen (secondary N) is 1. The molecule has 1 aliphatic heterocycles. The van der Waals surface area contributed by atoms with Crippen molar-refractivity contribution in [1.29, 1.82) is 0 Å². The Morgan fingerprint density at radius 2 is 2.14 bits per heavy atom. The molecule has 0 spiro atoms. The molecule has 1 heterocycles. The van der Waals surface area contributed by atoms with Gasteiger partial charge in [-0.3, -0.25) is 0 Å². The Labute approximate surface area is 88.1 Å². The predicted octanol–water partition coefficient (Wildman–Crippen LogP) is 2.42. The third-order valence-corrected chi connectivity index (χ3v) is 3.60. The molecule has 76 valence electrons. The second kappa shape index (κ2) is 4.80. The molecule has 1 atom stereocenters. The molecule has 1 aromatic carbocycles. The van der Waals surface area contributed by atoms with Gasteiger partial charge in [-0.05, 0) is 29.9 Å². The molecule has 0 amide bonds. The first kappa shape index (κ1) is 9.99. The zero-order valence-corrected chi connectivity index (χ0v) is 8.82. The highest BCUT2D eigenvalue weighted by Crippen LogP contribution is 2.17. The van der Waals surface area contributed by atoms with Crippen LogP contribution in [0.5, 0.6) is 0 Å². The van der Waals surface area contributed by atoms with E-state index in [2.05, 4.69) is 5.32 Å². The number of thioether (sulfide) groups is 1. The minimum absolute atomic E-state index is 0.162. The van der Waals surface area contributed by atoms with Crippen molar-refractivity contribution in [3.05, 3.63) is 35.6 Å². The van der Waals surface area contributed by atoms with E-state index < -0.39 is 0 Å². The summed E-state index contributed by atoms with van der Waals surface area (Å²) in [5.41, 5.74) is 1.16. The van der Waals surface area contributed by atoms with Crippen molar-refractivity contribution >= 4 is 11.8 Å². The van der Waals surface area contributed by atoms with Gasteiger partial charge in [-0.25, -0.2) is 4.39 Å². The van der Waals surface area contributed by atoms with E-state index in [1.165, 1.54) is 30.1 Å². The molecule has 0 saturated carbocycles. The Bertz CT molecular complexity index is 280. The minimum atomic E-state index is -0.162. The highest BCUT2D eigenvalue weighted by molar-refractivity contribution is 7.99. The zero-order valence-electron chi connectivity index (χ0n) is 8.00. The van der Waals surface area contributed by atoms with Crippen molar-refractivity contribution in [1.82, 2.24) is 5.32 Å². The fraction of sp³-hybridized carbons (Fsp3) is 0.455. The number of rotatable bonds is 3. The largest absolute Gasteiger partial charge is 0.309 e. The second-order valence-corrected chi connectivity index (χ2v) is 4.72. The second-order valence-electron chi connectivity index (χ2n) is 3.57. The molecule has 0 radical (unpaired) electrons. The molecule has 14 heavy (non-hydrogen) atoms. The summed E-state index contributed by atoms with van der Waals surface area (Å²) in [5.74, 6) is 2.31. The van der Waals surface area contributed by atoms with E-state index in [9.17, 15) is 4.39 Å². The van der Waals surface area contributed by atoms with Gasteiger partial charge < -0.3 is 5.32 Å². The van der Waals surface area contributed by atoms with E-state index in [0.29, 0.717) is 6.04 Å². The minimum Gasteiger partial charge on any atom is -0.309 e.